The molecule has 3 rings (SSSR count). The van der Waals surface area contributed by atoms with Gasteiger partial charge in [-0.25, -0.2) is 4.79 Å². The first-order valence-corrected chi connectivity index (χ1v) is 6.31. The minimum Gasteiger partial charge on any atom is -0.410 e. The molecule has 19 heavy (non-hydrogen) atoms. The Labute approximate surface area is 111 Å². The van der Waals surface area contributed by atoms with Crippen molar-refractivity contribution in [2.75, 3.05) is 5.32 Å². The molecule has 0 atom stereocenters. The van der Waals surface area contributed by atoms with Gasteiger partial charge in [0.2, 0.25) is 0 Å². The number of carbonyl (C=O) groups is 1. The van der Waals surface area contributed by atoms with Crippen molar-refractivity contribution in [3.05, 3.63) is 54.4 Å². The standard InChI is InChI=1S/C15H14N2O2/c18-15(19-13-4-2-1-3-5-13)17-12-8-9-16-14(10-12)11-6-7-11/h1-5,8-11H,6-7H2,(H,16,17,18). The van der Waals surface area contributed by atoms with Crippen molar-refractivity contribution in [2.24, 2.45) is 0 Å². The van der Waals surface area contributed by atoms with E-state index >= 15 is 0 Å². The van der Waals surface area contributed by atoms with E-state index in [9.17, 15) is 4.79 Å². The van der Waals surface area contributed by atoms with Gasteiger partial charge in [-0.2, -0.15) is 0 Å². The van der Waals surface area contributed by atoms with Gasteiger partial charge < -0.3 is 4.74 Å². The van der Waals surface area contributed by atoms with Crippen LogP contribution in [0.3, 0.4) is 0 Å². The lowest BCUT2D eigenvalue weighted by Crippen LogP contribution is -2.16. The second kappa shape index (κ2) is 5.10. The number of carbonyl (C=O) groups excluding carboxylic acids is 1. The molecule has 2 aromatic rings. The summed E-state index contributed by atoms with van der Waals surface area (Å²) in [5.41, 5.74) is 1.76. The summed E-state index contributed by atoms with van der Waals surface area (Å²) in [5.74, 6) is 1.09. The highest BCUT2D eigenvalue weighted by atomic mass is 16.6. The first kappa shape index (κ1) is 11.7. The number of hydrogen-bond donors (Lipinski definition) is 1. The lowest BCUT2D eigenvalue weighted by atomic mass is 10.2. The van der Waals surface area contributed by atoms with Crippen molar-refractivity contribution < 1.29 is 9.53 Å². The molecule has 1 heterocycles. The zero-order valence-corrected chi connectivity index (χ0v) is 10.4. The first-order chi connectivity index (χ1) is 9.31. The van der Waals surface area contributed by atoms with Crippen LogP contribution in [0.15, 0.2) is 48.7 Å². The van der Waals surface area contributed by atoms with Crippen molar-refractivity contribution >= 4 is 11.8 Å². The lowest BCUT2D eigenvalue weighted by molar-refractivity contribution is 0.215. The molecule has 1 fully saturated rings. The molecular formula is C15H14N2O2. The number of para-hydroxylation sites is 1. The normalized spacial score (nSPS) is 13.9. The number of amides is 1. The SMILES string of the molecule is O=C(Nc1ccnc(C2CC2)c1)Oc1ccccc1. The van der Waals surface area contributed by atoms with Gasteiger partial charge in [-0.3, -0.25) is 10.3 Å². The van der Waals surface area contributed by atoms with Crippen molar-refractivity contribution in [2.45, 2.75) is 18.8 Å². The highest BCUT2D eigenvalue weighted by Gasteiger charge is 2.25. The Bertz CT molecular complexity index is 580. The molecule has 1 amide bonds. The molecule has 0 aliphatic heterocycles. The molecule has 4 heteroatoms. The largest absolute Gasteiger partial charge is 0.417 e. The summed E-state index contributed by atoms with van der Waals surface area (Å²) in [4.78, 5) is 16.0. The molecule has 1 aliphatic carbocycles. The van der Waals surface area contributed by atoms with Gasteiger partial charge in [-0.1, -0.05) is 18.2 Å². The van der Waals surface area contributed by atoms with Gasteiger partial charge in [0.05, 0.1) is 0 Å². The van der Waals surface area contributed by atoms with Crippen LogP contribution in [0.5, 0.6) is 5.75 Å². The van der Waals surface area contributed by atoms with E-state index in [4.69, 9.17) is 4.74 Å². The predicted molar refractivity (Wildman–Crippen MR) is 72.3 cm³/mol. The molecule has 0 bridgehead atoms. The Morgan fingerprint density at radius 3 is 2.74 bits per heavy atom. The molecule has 1 aliphatic rings. The van der Waals surface area contributed by atoms with Gasteiger partial charge in [0.25, 0.3) is 0 Å². The van der Waals surface area contributed by atoms with Crippen molar-refractivity contribution in [3.8, 4) is 5.75 Å². The van der Waals surface area contributed by atoms with Crippen molar-refractivity contribution in [1.29, 1.82) is 0 Å². The number of pyridine rings is 1. The van der Waals surface area contributed by atoms with E-state index < -0.39 is 6.09 Å². The number of ether oxygens (including phenoxy) is 1. The Morgan fingerprint density at radius 2 is 2.00 bits per heavy atom. The minimum absolute atomic E-state index is 0.487. The Kier molecular flexibility index (Phi) is 3.14. The maximum Gasteiger partial charge on any atom is 0.417 e. The van der Waals surface area contributed by atoms with Crippen molar-refractivity contribution in [3.63, 3.8) is 0 Å². The summed E-state index contributed by atoms with van der Waals surface area (Å²) in [5, 5.41) is 2.71. The zero-order chi connectivity index (χ0) is 13.1. The fourth-order valence-electron chi connectivity index (χ4n) is 1.87. The van der Waals surface area contributed by atoms with E-state index in [0.29, 0.717) is 11.7 Å². The van der Waals surface area contributed by atoms with Crippen LogP contribution in [0, 0.1) is 0 Å². The molecule has 1 N–H and O–H groups in total. The van der Waals surface area contributed by atoms with Gasteiger partial charge in [-0.15, -0.1) is 0 Å². The number of rotatable bonds is 3. The number of aromatic nitrogens is 1. The summed E-state index contributed by atoms with van der Waals surface area (Å²) in [7, 11) is 0. The van der Waals surface area contributed by atoms with E-state index in [0.717, 1.165) is 11.4 Å². The summed E-state index contributed by atoms with van der Waals surface area (Å²) < 4.78 is 5.16. The smallest absolute Gasteiger partial charge is 0.410 e. The third kappa shape index (κ3) is 3.10. The van der Waals surface area contributed by atoms with Gasteiger partial charge >= 0.3 is 6.09 Å². The van der Waals surface area contributed by atoms with Crippen LogP contribution in [-0.2, 0) is 0 Å². The summed E-state index contributed by atoms with van der Waals surface area (Å²) in [6.45, 7) is 0. The number of benzene rings is 1. The van der Waals surface area contributed by atoms with E-state index in [1.807, 2.05) is 24.3 Å². The number of hydrogen-bond acceptors (Lipinski definition) is 3. The van der Waals surface area contributed by atoms with E-state index in [1.165, 1.54) is 12.8 Å². The Hall–Kier alpha value is -2.36. The highest BCUT2D eigenvalue weighted by molar-refractivity contribution is 5.86. The summed E-state index contributed by atoms with van der Waals surface area (Å²) in [6.07, 6.45) is 3.60. The highest BCUT2D eigenvalue weighted by Crippen LogP contribution is 2.39. The second-order valence-corrected chi connectivity index (χ2v) is 4.57. The Morgan fingerprint density at radius 1 is 1.21 bits per heavy atom. The number of anilines is 1. The summed E-state index contributed by atoms with van der Waals surface area (Å²) in [6, 6.07) is 12.7. The fourth-order valence-corrected chi connectivity index (χ4v) is 1.87. The van der Waals surface area contributed by atoms with Gasteiger partial charge in [0, 0.05) is 23.5 Å². The van der Waals surface area contributed by atoms with Gasteiger partial charge in [0.15, 0.2) is 0 Å². The molecule has 96 valence electrons. The quantitative estimate of drug-likeness (QED) is 0.911. The monoisotopic (exact) mass is 254 g/mol. The van der Waals surface area contributed by atoms with Crippen LogP contribution in [0.4, 0.5) is 10.5 Å². The van der Waals surface area contributed by atoms with Crippen molar-refractivity contribution in [1.82, 2.24) is 4.98 Å². The minimum atomic E-state index is -0.487. The predicted octanol–water partition coefficient (Wildman–Crippen LogP) is 3.57. The van der Waals surface area contributed by atoms with E-state index in [-0.39, 0.29) is 0 Å². The first-order valence-electron chi connectivity index (χ1n) is 6.31. The molecule has 0 spiro atoms. The molecule has 1 aromatic heterocycles. The van der Waals surface area contributed by atoms with Crippen LogP contribution in [0.1, 0.15) is 24.5 Å². The molecular weight excluding hydrogens is 240 g/mol. The van der Waals surface area contributed by atoms with Crippen LogP contribution in [0.2, 0.25) is 0 Å². The van der Waals surface area contributed by atoms with E-state index in [1.54, 1.807) is 24.4 Å². The molecule has 0 radical (unpaired) electrons. The van der Waals surface area contributed by atoms with Crippen LogP contribution in [0.25, 0.3) is 0 Å². The molecule has 0 saturated heterocycles. The van der Waals surface area contributed by atoms with Gasteiger partial charge in [0.1, 0.15) is 5.75 Å². The average molecular weight is 254 g/mol. The molecule has 1 saturated carbocycles. The maximum atomic E-state index is 11.7. The zero-order valence-electron chi connectivity index (χ0n) is 10.4. The fraction of sp³-hybridized carbons (Fsp3) is 0.200. The molecule has 1 aromatic carbocycles. The third-order valence-electron chi connectivity index (χ3n) is 2.98. The van der Waals surface area contributed by atoms with Gasteiger partial charge in [-0.05, 0) is 37.1 Å². The maximum absolute atomic E-state index is 11.7. The third-order valence-corrected chi connectivity index (χ3v) is 2.98. The van der Waals surface area contributed by atoms with Crippen LogP contribution >= 0.6 is 0 Å². The molecule has 4 nitrogen and oxygen atoms in total. The number of nitrogens with one attached hydrogen (secondary N) is 1. The van der Waals surface area contributed by atoms with Crippen LogP contribution < -0.4 is 10.1 Å². The average Bonchev–Trinajstić information content (AvgIpc) is 3.24. The topological polar surface area (TPSA) is 51.2 Å². The second-order valence-electron chi connectivity index (χ2n) is 4.57. The Balaban J connectivity index is 1.64. The van der Waals surface area contributed by atoms with Crippen LogP contribution in [-0.4, -0.2) is 11.1 Å². The number of nitrogens with zero attached hydrogens (tertiary/aromatic N) is 1. The summed E-state index contributed by atoms with van der Waals surface area (Å²) >= 11 is 0. The lowest BCUT2D eigenvalue weighted by Gasteiger charge is -2.07. The molecule has 0 unspecified atom stereocenters. The van der Waals surface area contributed by atoms with E-state index in [2.05, 4.69) is 10.3 Å².